The Bertz CT molecular complexity index is 758. The van der Waals surface area contributed by atoms with E-state index in [1.54, 1.807) is 0 Å². The van der Waals surface area contributed by atoms with Crippen LogP contribution in [0.2, 0.25) is 0 Å². The summed E-state index contributed by atoms with van der Waals surface area (Å²) in [6.07, 6.45) is 0.220. The molecular formula is C8H7N5O3S. The van der Waals surface area contributed by atoms with Gasteiger partial charge in [0.2, 0.25) is 0 Å². The molecule has 0 fully saturated rings. The molecule has 0 atom stereocenters. The van der Waals surface area contributed by atoms with Gasteiger partial charge < -0.3 is 0 Å². The molecule has 2 heterocycles. The van der Waals surface area contributed by atoms with E-state index in [0.717, 1.165) is 15.9 Å². The highest BCUT2D eigenvalue weighted by Crippen LogP contribution is 2.02. The second kappa shape index (κ2) is 4.34. The second-order valence-corrected chi connectivity index (χ2v) is 4.13. The molecule has 0 bridgehead atoms. The van der Waals surface area contributed by atoms with Crippen LogP contribution in [0.4, 0.5) is 0 Å². The lowest BCUT2D eigenvalue weighted by Gasteiger charge is -2.00. The summed E-state index contributed by atoms with van der Waals surface area (Å²) >= 11 is 0.924. The van der Waals surface area contributed by atoms with E-state index in [1.165, 1.54) is 0 Å². The minimum atomic E-state index is -0.638. The summed E-state index contributed by atoms with van der Waals surface area (Å²) in [6, 6.07) is 1.91. The fourth-order valence-electron chi connectivity index (χ4n) is 1.29. The minimum absolute atomic E-state index is 0.0130. The third kappa shape index (κ3) is 2.02. The van der Waals surface area contributed by atoms with Gasteiger partial charge in [-0.3, -0.25) is 19.7 Å². The molecule has 0 saturated heterocycles. The first kappa shape index (κ1) is 11.3. The number of rotatable bonds is 3. The van der Waals surface area contributed by atoms with Crippen LogP contribution in [0.3, 0.4) is 0 Å². The first-order valence-corrected chi connectivity index (χ1v) is 5.55. The summed E-state index contributed by atoms with van der Waals surface area (Å²) in [5.41, 5.74) is -1.72. The zero-order valence-electron chi connectivity index (χ0n) is 8.44. The molecule has 0 amide bonds. The molecule has 88 valence electrons. The first-order chi connectivity index (χ1) is 8.13. The maximum Gasteiger partial charge on any atom is 0.340 e. The standard InChI is InChI=1S/C8H7N5O3S/c9-2-1-3-17-13-6(14)4-5(12-8(13)16)11-7(15)10-4/h1,3H2,(H,12,16)(H2,10,11,15). The van der Waals surface area contributed by atoms with Gasteiger partial charge in [0.25, 0.3) is 5.56 Å². The van der Waals surface area contributed by atoms with Crippen molar-refractivity contribution in [3.63, 3.8) is 0 Å². The lowest BCUT2D eigenvalue weighted by Crippen LogP contribution is -2.31. The number of fused-ring (bicyclic) bond motifs is 1. The Kier molecular flexibility index (Phi) is 2.88. The van der Waals surface area contributed by atoms with E-state index in [0.29, 0.717) is 5.75 Å². The van der Waals surface area contributed by atoms with E-state index >= 15 is 0 Å². The van der Waals surface area contributed by atoms with E-state index in [4.69, 9.17) is 5.26 Å². The first-order valence-electron chi connectivity index (χ1n) is 4.61. The number of H-pyrrole nitrogens is 3. The molecule has 17 heavy (non-hydrogen) atoms. The maximum atomic E-state index is 11.8. The number of hydrogen-bond donors (Lipinski definition) is 3. The van der Waals surface area contributed by atoms with E-state index in [-0.39, 0.29) is 17.6 Å². The lowest BCUT2D eigenvalue weighted by atomic mass is 10.5. The van der Waals surface area contributed by atoms with E-state index in [1.807, 2.05) is 6.07 Å². The summed E-state index contributed by atoms with van der Waals surface area (Å²) in [5, 5.41) is 8.37. The minimum Gasteiger partial charge on any atom is -0.300 e. The summed E-state index contributed by atoms with van der Waals surface area (Å²) in [4.78, 5) is 41.3. The highest BCUT2D eigenvalue weighted by atomic mass is 32.2. The van der Waals surface area contributed by atoms with Crippen LogP contribution in [0.25, 0.3) is 11.2 Å². The largest absolute Gasteiger partial charge is 0.340 e. The van der Waals surface area contributed by atoms with Crippen molar-refractivity contribution in [1.29, 1.82) is 5.26 Å². The Morgan fingerprint density at radius 3 is 2.71 bits per heavy atom. The molecule has 0 aromatic carbocycles. The van der Waals surface area contributed by atoms with Gasteiger partial charge in [-0.05, 0) is 11.9 Å². The highest BCUT2D eigenvalue weighted by molar-refractivity contribution is 7.97. The number of nitrogens with one attached hydrogen (secondary N) is 3. The predicted molar refractivity (Wildman–Crippen MR) is 61.9 cm³/mol. The highest BCUT2D eigenvalue weighted by Gasteiger charge is 2.10. The third-order valence-electron chi connectivity index (χ3n) is 1.98. The van der Waals surface area contributed by atoms with Crippen LogP contribution >= 0.6 is 11.9 Å². The van der Waals surface area contributed by atoms with Crippen molar-refractivity contribution in [1.82, 2.24) is 18.9 Å². The lowest BCUT2D eigenvalue weighted by molar-refractivity contribution is 1.00. The van der Waals surface area contributed by atoms with Crippen LogP contribution in [0.1, 0.15) is 6.42 Å². The van der Waals surface area contributed by atoms with Crippen LogP contribution in [0, 0.1) is 11.3 Å². The van der Waals surface area contributed by atoms with Crippen molar-refractivity contribution in [2.45, 2.75) is 6.42 Å². The van der Waals surface area contributed by atoms with E-state index in [2.05, 4.69) is 15.0 Å². The fourth-order valence-corrected chi connectivity index (χ4v) is 2.03. The molecule has 2 aromatic heterocycles. The smallest absolute Gasteiger partial charge is 0.300 e. The maximum absolute atomic E-state index is 11.8. The quantitative estimate of drug-likeness (QED) is 0.612. The van der Waals surface area contributed by atoms with E-state index in [9.17, 15) is 14.4 Å². The van der Waals surface area contributed by atoms with E-state index < -0.39 is 16.9 Å². The molecule has 0 radical (unpaired) electrons. The monoisotopic (exact) mass is 253 g/mol. The van der Waals surface area contributed by atoms with Crippen LogP contribution in [-0.4, -0.2) is 24.7 Å². The molecule has 0 saturated carbocycles. The molecule has 0 unspecified atom stereocenters. The normalized spacial score (nSPS) is 10.5. The average molecular weight is 253 g/mol. The van der Waals surface area contributed by atoms with Gasteiger partial charge in [0.15, 0.2) is 5.52 Å². The van der Waals surface area contributed by atoms with Gasteiger partial charge >= 0.3 is 11.4 Å². The van der Waals surface area contributed by atoms with Crippen LogP contribution in [-0.2, 0) is 0 Å². The molecule has 0 aliphatic heterocycles. The Morgan fingerprint density at radius 2 is 2.00 bits per heavy atom. The number of aromatic nitrogens is 4. The van der Waals surface area contributed by atoms with Gasteiger partial charge in [0.1, 0.15) is 5.65 Å². The van der Waals surface area contributed by atoms with Crippen molar-refractivity contribution >= 4 is 23.1 Å². The number of aromatic amines is 3. The number of nitrogens with zero attached hydrogens (tertiary/aromatic N) is 2. The van der Waals surface area contributed by atoms with Crippen LogP contribution in [0.15, 0.2) is 14.4 Å². The molecule has 3 N–H and O–H groups in total. The van der Waals surface area contributed by atoms with Gasteiger partial charge in [-0.2, -0.15) is 9.23 Å². The van der Waals surface area contributed by atoms with Gasteiger partial charge in [-0.25, -0.2) is 9.59 Å². The summed E-state index contributed by atoms with van der Waals surface area (Å²) in [7, 11) is 0. The van der Waals surface area contributed by atoms with Crippen molar-refractivity contribution in [3.8, 4) is 6.07 Å². The Balaban J connectivity index is 2.56. The Hall–Kier alpha value is -2.21. The predicted octanol–water partition coefficient (Wildman–Crippen LogP) is -0.884. The second-order valence-electron chi connectivity index (χ2n) is 3.10. The van der Waals surface area contributed by atoms with Gasteiger partial charge in [-0.15, -0.1) is 0 Å². The van der Waals surface area contributed by atoms with Crippen LogP contribution < -0.4 is 16.9 Å². The number of imidazole rings is 1. The summed E-state index contributed by atoms with van der Waals surface area (Å²) in [5.74, 6) is 0.319. The topological polar surface area (TPSA) is 127 Å². The SMILES string of the molecule is N#CCCSn1c(=O)[nH]c2[nH]c(=O)[nH]c2c1=O. The zero-order valence-corrected chi connectivity index (χ0v) is 9.26. The summed E-state index contributed by atoms with van der Waals surface area (Å²) < 4.78 is 0.878. The van der Waals surface area contributed by atoms with Gasteiger partial charge in [0, 0.05) is 12.2 Å². The Morgan fingerprint density at radius 1 is 1.24 bits per heavy atom. The van der Waals surface area contributed by atoms with Crippen molar-refractivity contribution in [2.24, 2.45) is 0 Å². The molecular weight excluding hydrogens is 246 g/mol. The third-order valence-corrected chi connectivity index (χ3v) is 2.95. The van der Waals surface area contributed by atoms with Gasteiger partial charge in [-0.1, -0.05) is 0 Å². The Labute approximate surface area is 97.4 Å². The fraction of sp³-hybridized carbons (Fsp3) is 0.250. The average Bonchev–Trinajstić information content (AvgIpc) is 2.64. The van der Waals surface area contributed by atoms with Crippen molar-refractivity contribution < 1.29 is 0 Å². The van der Waals surface area contributed by atoms with Crippen molar-refractivity contribution in [3.05, 3.63) is 31.3 Å². The summed E-state index contributed by atoms with van der Waals surface area (Å²) in [6.45, 7) is 0. The molecule has 2 aromatic rings. The van der Waals surface area contributed by atoms with Crippen LogP contribution in [0.5, 0.6) is 0 Å². The molecule has 9 heteroatoms. The number of nitriles is 1. The molecule has 8 nitrogen and oxygen atoms in total. The molecule has 0 aliphatic rings. The zero-order chi connectivity index (χ0) is 12.4. The number of hydrogen-bond acceptors (Lipinski definition) is 5. The van der Waals surface area contributed by atoms with Gasteiger partial charge in [0.05, 0.1) is 6.07 Å². The van der Waals surface area contributed by atoms with Crippen molar-refractivity contribution in [2.75, 3.05) is 5.75 Å². The molecule has 0 aliphatic carbocycles. The molecule has 2 rings (SSSR count). The molecule has 0 spiro atoms.